The number of nitrogens with one attached hydrogen (secondary N) is 1. The quantitative estimate of drug-likeness (QED) is 0.486. The molecule has 0 amide bonds. The molecule has 0 radical (unpaired) electrons. The second-order valence-corrected chi connectivity index (χ2v) is 6.38. The van der Waals surface area contributed by atoms with E-state index >= 15 is 0 Å². The van der Waals surface area contributed by atoms with Crippen LogP contribution in [0.5, 0.6) is 0 Å². The van der Waals surface area contributed by atoms with E-state index in [1.165, 1.54) is 38.5 Å². The monoisotopic (exact) mass is 285 g/mol. The molecule has 0 aromatic carbocycles. The van der Waals surface area contributed by atoms with Crippen molar-refractivity contribution in [2.75, 3.05) is 0 Å². The Balaban J connectivity index is 4.35. The van der Waals surface area contributed by atoms with Crippen LogP contribution in [0.1, 0.15) is 85.5 Å². The van der Waals surface area contributed by atoms with Crippen LogP contribution in [-0.2, 0) is 4.79 Å². The summed E-state index contributed by atoms with van der Waals surface area (Å²) in [4.78, 5) is 11.4. The zero-order valence-electron chi connectivity index (χ0n) is 14.0. The summed E-state index contributed by atoms with van der Waals surface area (Å²) in [6.07, 6.45) is 10.3. The van der Waals surface area contributed by atoms with Gasteiger partial charge in [-0.05, 0) is 25.2 Å². The number of hydrogen-bond donors (Lipinski definition) is 2. The first-order valence-corrected chi connectivity index (χ1v) is 8.50. The van der Waals surface area contributed by atoms with Crippen LogP contribution in [-0.4, -0.2) is 23.2 Å². The van der Waals surface area contributed by atoms with Crippen molar-refractivity contribution in [1.29, 1.82) is 0 Å². The van der Waals surface area contributed by atoms with E-state index in [0.29, 0.717) is 18.4 Å². The van der Waals surface area contributed by atoms with E-state index in [1.54, 1.807) is 0 Å². The molecule has 0 aliphatic carbocycles. The van der Waals surface area contributed by atoms with Gasteiger partial charge >= 0.3 is 5.97 Å². The highest BCUT2D eigenvalue weighted by Gasteiger charge is 2.22. The Morgan fingerprint density at radius 1 is 1.00 bits per heavy atom. The topological polar surface area (TPSA) is 49.3 Å². The van der Waals surface area contributed by atoms with E-state index in [-0.39, 0.29) is 6.04 Å². The minimum absolute atomic E-state index is 0.368. The predicted molar refractivity (Wildman–Crippen MR) is 86.1 cm³/mol. The Hall–Kier alpha value is -0.570. The molecule has 0 saturated carbocycles. The van der Waals surface area contributed by atoms with E-state index in [2.05, 4.69) is 33.0 Å². The van der Waals surface area contributed by atoms with Crippen LogP contribution < -0.4 is 5.32 Å². The third-order valence-corrected chi connectivity index (χ3v) is 3.75. The minimum Gasteiger partial charge on any atom is -0.480 e. The second kappa shape index (κ2) is 12.2. The number of unbranched alkanes of at least 4 members (excludes halogenated alkanes) is 4. The first-order chi connectivity index (χ1) is 9.51. The lowest BCUT2D eigenvalue weighted by Gasteiger charge is -2.24. The molecule has 120 valence electrons. The molecule has 0 saturated heterocycles. The molecule has 2 N–H and O–H groups in total. The molecule has 0 bridgehead atoms. The maximum atomic E-state index is 11.4. The van der Waals surface area contributed by atoms with Gasteiger partial charge in [-0.25, -0.2) is 0 Å². The number of carboxylic acids is 1. The summed E-state index contributed by atoms with van der Waals surface area (Å²) in [7, 11) is 0. The maximum Gasteiger partial charge on any atom is 0.320 e. The van der Waals surface area contributed by atoms with Crippen molar-refractivity contribution < 1.29 is 9.90 Å². The van der Waals surface area contributed by atoms with Gasteiger partial charge in [-0.15, -0.1) is 0 Å². The fourth-order valence-corrected chi connectivity index (χ4v) is 2.59. The highest BCUT2D eigenvalue weighted by Crippen LogP contribution is 2.14. The third kappa shape index (κ3) is 10.2. The fourth-order valence-electron chi connectivity index (χ4n) is 2.59. The van der Waals surface area contributed by atoms with Crippen molar-refractivity contribution in [2.24, 2.45) is 5.92 Å². The van der Waals surface area contributed by atoms with Crippen LogP contribution in [0.3, 0.4) is 0 Å². The van der Waals surface area contributed by atoms with Crippen LogP contribution in [0.25, 0.3) is 0 Å². The summed E-state index contributed by atoms with van der Waals surface area (Å²) in [6, 6.07) is -0.0174. The van der Waals surface area contributed by atoms with Gasteiger partial charge in [0.1, 0.15) is 6.04 Å². The second-order valence-electron chi connectivity index (χ2n) is 6.38. The van der Waals surface area contributed by atoms with Crippen LogP contribution in [0.15, 0.2) is 0 Å². The van der Waals surface area contributed by atoms with E-state index in [4.69, 9.17) is 0 Å². The van der Waals surface area contributed by atoms with Gasteiger partial charge in [0.15, 0.2) is 0 Å². The summed E-state index contributed by atoms with van der Waals surface area (Å²) in [6.45, 7) is 8.58. The molecule has 0 aromatic heterocycles. The normalized spacial score (nSPS) is 13.1. The minimum atomic E-state index is -0.699. The molecule has 3 nitrogen and oxygen atoms in total. The molecule has 0 aromatic rings. The predicted octanol–water partition coefficient (Wildman–Crippen LogP) is 4.60. The van der Waals surface area contributed by atoms with Gasteiger partial charge < -0.3 is 10.4 Å². The van der Waals surface area contributed by atoms with Gasteiger partial charge in [0.05, 0.1) is 0 Å². The molecule has 0 rings (SSSR count). The van der Waals surface area contributed by atoms with Crippen molar-refractivity contribution in [3.8, 4) is 0 Å². The summed E-state index contributed by atoms with van der Waals surface area (Å²) < 4.78 is 0. The Labute approximate surface area is 125 Å². The van der Waals surface area contributed by atoms with Crippen molar-refractivity contribution in [1.82, 2.24) is 5.32 Å². The summed E-state index contributed by atoms with van der Waals surface area (Å²) >= 11 is 0. The van der Waals surface area contributed by atoms with Crippen LogP contribution >= 0.6 is 0 Å². The first-order valence-electron chi connectivity index (χ1n) is 8.50. The largest absolute Gasteiger partial charge is 0.480 e. The molecule has 0 heterocycles. The zero-order valence-corrected chi connectivity index (χ0v) is 14.0. The standard InChI is InChI=1S/C17H35NO2/c1-5-7-9-11-15(12-10-8-6-2)18-16(17(19)20)13-14(3)4/h14-16,18H,5-13H2,1-4H3,(H,19,20). The molecule has 0 spiro atoms. The van der Waals surface area contributed by atoms with Gasteiger partial charge in [-0.3, -0.25) is 4.79 Å². The van der Waals surface area contributed by atoms with Crippen LogP contribution in [0.4, 0.5) is 0 Å². The first kappa shape index (κ1) is 19.4. The maximum absolute atomic E-state index is 11.4. The number of aliphatic carboxylic acids is 1. The van der Waals surface area contributed by atoms with Crippen molar-refractivity contribution in [3.05, 3.63) is 0 Å². The highest BCUT2D eigenvalue weighted by molar-refractivity contribution is 5.73. The third-order valence-electron chi connectivity index (χ3n) is 3.75. The smallest absolute Gasteiger partial charge is 0.320 e. The highest BCUT2D eigenvalue weighted by atomic mass is 16.4. The summed E-state index contributed by atoms with van der Waals surface area (Å²) in [5, 5.41) is 12.8. The lowest BCUT2D eigenvalue weighted by Crippen LogP contribution is -2.44. The molecule has 20 heavy (non-hydrogen) atoms. The van der Waals surface area contributed by atoms with Gasteiger partial charge in [-0.2, -0.15) is 0 Å². The van der Waals surface area contributed by atoms with E-state index < -0.39 is 5.97 Å². The van der Waals surface area contributed by atoms with Crippen molar-refractivity contribution >= 4 is 5.97 Å². The van der Waals surface area contributed by atoms with E-state index in [1.807, 2.05) is 0 Å². The Morgan fingerprint density at radius 2 is 1.50 bits per heavy atom. The van der Waals surface area contributed by atoms with Crippen LogP contribution in [0, 0.1) is 5.92 Å². The fraction of sp³-hybridized carbons (Fsp3) is 0.941. The molecule has 3 heteroatoms. The van der Waals surface area contributed by atoms with E-state index in [9.17, 15) is 9.90 Å². The SMILES string of the molecule is CCCCCC(CCCCC)NC(CC(C)C)C(=O)O. The van der Waals surface area contributed by atoms with Crippen molar-refractivity contribution in [2.45, 2.75) is 97.6 Å². The molecule has 0 aliphatic heterocycles. The van der Waals surface area contributed by atoms with E-state index in [0.717, 1.165) is 12.8 Å². The average Bonchev–Trinajstić information content (AvgIpc) is 2.37. The van der Waals surface area contributed by atoms with Gasteiger partial charge in [-0.1, -0.05) is 66.2 Å². The molecule has 0 aliphatic rings. The van der Waals surface area contributed by atoms with Crippen molar-refractivity contribution in [3.63, 3.8) is 0 Å². The van der Waals surface area contributed by atoms with Gasteiger partial charge in [0, 0.05) is 6.04 Å². The zero-order chi connectivity index (χ0) is 15.4. The average molecular weight is 285 g/mol. The van der Waals surface area contributed by atoms with Gasteiger partial charge in [0.2, 0.25) is 0 Å². The molecule has 1 atom stereocenters. The van der Waals surface area contributed by atoms with Gasteiger partial charge in [0.25, 0.3) is 0 Å². The summed E-state index contributed by atoms with van der Waals surface area (Å²) in [5.41, 5.74) is 0. The Morgan fingerprint density at radius 3 is 1.85 bits per heavy atom. The number of carboxylic acid groups (broad SMARTS) is 1. The number of rotatable bonds is 13. The number of carbonyl (C=O) groups is 1. The molecule has 0 fully saturated rings. The molecular formula is C17H35NO2. The Kier molecular flexibility index (Phi) is 11.8. The summed E-state index contributed by atoms with van der Waals surface area (Å²) in [5.74, 6) is -0.287. The Bertz CT molecular complexity index is 231. The number of hydrogen-bond acceptors (Lipinski definition) is 2. The lowest BCUT2D eigenvalue weighted by atomic mass is 9.98. The molecular weight excluding hydrogens is 250 g/mol. The van der Waals surface area contributed by atoms with Crippen LogP contribution in [0.2, 0.25) is 0 Å². The lowest BCUT2D eigenvalue weighted by molar-refractivity contribution is -0.140. The molecule has 1 unspecified atom stereocenters.